The van der Waals surface area contributed by atoms with Crippen molar-refractivity contribution in [2.45, 2.75) is 19.3 Å². The Labute approximate surface area is 133 Å². The second-order valence-electron chi connectivity index (χ2n) is 4.99. The first kappa shape index (κ1) is 16.5. The Bertz CT molecular complexity index is 615. The number of carbonyl (C=O) groups is 2. The monoisotopic (exact) mass is 323 g/mol. The Morgan fingerprint density at radius 1 is 1.45 bits per heavy atom. The molecule has 6 heteroatoms. The molecule has 0 fully saturated rings. The van der Waals surface area contributed by atoms with Gasteiger partial charge in [0.2, 0.25) is 5.91 Å². The third kappa shape index (κ3) is 3.68. The fourth-order valence-electron chi connectivity index (χ4n) is 2.49. The predicted octanol–water partition coefficient (Wildman–Crippen LogP) is 2.61. The highest BCUT2D eigenvalue weighted by molar-refractivity contribution is 7.98. The van der Waals surface area contributed by atoms with Crippen molar-refractivity contribution < 1.29 is 18.7 Å². The van der Waals surface area contributed by atoms with Gasteiger partial charge in [-0.25, -0.2) is 9.18 Å². The van der Waals surface area contributed by atoms with Gasteiger partial charge in [0.25, 0.3) is 0 Å². The van der Waals surface area contributed by atoms with Gasteiger partial charge in [0.05, 0.1) is 5.57 Å². The highest BCUT2D eigenvalue weighted by Gasteiger charge is 2.34. The van der Waals surface area contributed by atoms with Crippen molar-refractivity contribution in [3.05, 3.63) is 46.9 Å². The highest BCUT2D eigenvalue weighted by Crippen LogP contribution is 2.34. The van der Waals surface area contributed by atoms with Crippen LogP contribution in [0, 0.1) is 5.82 Å². The van der Waals surface area contributed by atoms with Crippen LogP contribution < -0.4 is 5.32 Å². The van der Waals surface area contributed by atoms with E-state index in [1.807, 2.05) is 6.26 Å². The lowest BCUT2D eigenvalue weighted by Crippen LogP contribution is -2.34. The zero-order chi connectivity index (χ0) is 16.1. The van der Waals surface area contributed by atoms with E-state index in [0.717, 1.165) is 0 Å². The van der Waals surface area contributed by atoms with Gasteiger partial charge in [-0.2, -0.15) is 11.8 Å². The molecule has 1 aliphatic rings. The normalized spacial score (nSPS) is 18.1. The molecule has 1 aliphatic heterocycles. The third-order valence-corrected chi connectivity index (χ3v) is 4.06. The van der Waals surface area contributed by atoms with E-state index < -0.39 is 17.7 Å². The first-order chi connectivity index (χ1) is 10.5. The number of nitrogens with one attached hydrogen (secondary N) is 1. The average molecular weight is 323 g/mol. The van der Waals surface area contributed by atoms with E-state index in [0.29, 0.717) is 22.6 Å². The zero-order valence-corrected chi connectivity index (χ0v) is 13.3. The number of thioether (sulfide) groups is 1. The fraction of sp³-hybridized carbons (Fsp3) is 0.375. The van der Waals surface area contributed by atoms with E-state index in [4.69, 9.17) is 4.74 Å². The van der Waals surface area contributed by atoms with E-state index >= 15 is 0 Å². The van der Waals surface area contributed by atoms with E-state index in [1.54, 1.807) is 36.9 Å². The zero-order valence-electron chi connectivity index (χ0n) is 12.5. The van der Waals surface area contributed by atoms with Crippen LogP contribution in [0.25, 0.3) is 0 Å². The first-order valence-corrected chi connectivity index (χ1v) is 8.35. The van der Waals surface area contributed by atoms with Gasteiger partial charge in [-0.1, -0.05) is 18.2 Å². The second kappa shape index (κ2) is 7.45. The van der Waals surface area contributed by atoms with Gasteiger partial charge in [0.15, 0.2) is 0 Å². The molecule has 0 radical (unpaired) electrons. The maximum atomic E-state index is 14.1. The van der Waals surface area contributed by atoms with E-state index in [1.165, 1.54) is 6.07 Å². The van der Waals surface area contributed by atoms with Crippen molar-refractivity contribution in [1.29, 1.82) is 0 Å². The number of amides is 1. The number of halogens is 1. The average Bonchev–Trinajstić information content (AvgIpc) is 2.47. The van der Waals surface area contributed by atoms with Crippen LogP contribution in [0.3, 0.4) is 0 Å². The molecule has 1 atom stereocenters. The molecule has 0 spiro atoms. The van der Waals surface area contributed by atoms with Crippen LogP contribution in [0.2, 0.25) is 0 Å². The minimum atomic E-state index is -0.614. The van der Waals surface area contributed by atoms with Crippen LogP contribution >= 0.6 is 11.8 Å². The summed E-state index contributed by atoms with van der Waals surface area (Å²) >= 11 is 1.57. The molecule has 1 amide bonds. The van der Waals surface area contributed by atoms with Gasteiger partial charge in [-0.15, -0.1) is 0 Å². The van der Waals surface area contributed by atoms with Crippen LogP contribution in [0.1, 0.15) is 24.8 Å². The van der Waals surface area contributed by atoms with Gasteiger partial charge in [-0.3, -0.25) is 4.79 Å². The quantitative estimate of drug-likeness (QED) is 0.668. The summed E-state index contributed by atoms with van der Waals surface area (Å²) in [5.74, 6) is -1.08. The number of benzene rings is 1. The number of rotatable bonds is 5. The molecular formula is C16H18FNO3S. The largest absolute Gasteiger partial charge is 0.461 e. The van der Waals surface area contributed by atoms with E-state index in [-0.39, 0.29) is 18.9 Å². The molecule has 1 aromatic rings. The van der Waals surface area contributed by atoms with Crippen molar-refractivity contribution in [3.63, 3.8) is 0 Å². The number of hydrogen-bond acceptors (Lipinski definition) is 4. The Hall–Kier alpha value is -1.82. The van der Waals surface area contributed by atoms with Gasteiger partial charge >= 0.3 is 5.97 Å². The maximum Gasteiger partial charge on any atom is 0.336 e. The SMILES string of the molecule is CSCCOC(=O)C1=C(C)NC(=O)C[C@@H]1c1ccccc1F. The summed E-state index contributed by atoms with van der Waals surface area (Å²) in [6, 6.07) is 6.20. The van der Waals surface area contributed by atoms with Gasteiger partial charge in [0, 0.05) is 23.8 Å². The molecule has 0 aromatic heterocycles. The predicted molar refractivity (Wildman–Crippen MR) is 83.9 cm³/mol. The number of carbonyl (C=O) groups excluding carboxylic acids is 2. The lowest BCUT2D eigenvalue weighted by atomic mass is 9.84. The second-order valence-corrected chi connectivity index (χ2v) is 5.98. The summed E-state index contributed by atoms with van der Waals surface area (Å²) in [4.78, 5) is 24.1. The standard InChI is InChI=1S/C16H18FNO3S/c1-10-15(16(20)21-7-8-22-2)12(9-14(19)18-10)11-5-3-4-6-13(11)17/h3-6,12H,7-9H2,1-2H3,(H,18,19)/t12-/m1/s1. The fourth-order valence-corrected chi connectivity index (χ4v) is 2.74. The van der Waals surface area contributed by atoms with Gasteiger partial charge in [0.1, 0.15) is 12.4 Å². The summed E-state index contributed by atoms with van der Waals surface area (Å²) in [5, 5.41) is 2.63. The summed E-state index contributed by atoms with van der Waals surface area (Å²) in [6.45, 7) is 1.92. The molecule has 1 aromatic carbocycles. The van der Waals surface area contributed by atoms with Crippen molar-refractivity contribution in [2.75, 3.05) is 18.6 Å². The number of esters is 1. The Morgan fingerprint density at radius 3 is 2.86 bits per heavy atom. The van der Waals surface area contributed by atoms with Crippen LogP contribution in [0.15, 0.2) is 35.5 Å². The minimum absolute atomic E-state index is 0.0330. The molecule has 0 aliphatic carbocycles. The molecule has 1 N–H and O–H groups in total. The minimum Gasteiger partial charge on any atom is -0.461 e. The maximum absolute atomic E-state index is 14.1. The molecule has 22 heavy (non-hydrogen) atoms. The van der Waals surface area contributed by atoms with Gasteiger partial charge < -0.3 is 10.1 Å². The lowest BCUT2D eigenvalue weighted by Gasteiger charge is -2.26. The molecule has 0 saturated heterocycles. The molecule has 0 saturated carbocycles. The summed E-state index contributed by atoms with van der Waals surface area (Å²) in [5.41, 5.74) is 1.10. The summed E-state index contributed by atoms with van der Waals surface area (Å²) < 4.78 is 19.3. The molecule has 4 nitrogen and oxygen atoms in total. The molecule has 118 valence electrons. The van der Waals surface area contributed by atoms with E-state index in [9.17, 15) is 14.0 Å². The van der Waals surface area contributed by atoms with Crippen molar-refractivity contribution >= 4 is 23.6 Å². The van der Waals surface area contributed by atoms with Crippen molar-refractivity contribution in [1.82, 2.24) is 5.32 Å². The summed E-state index contributed by atoms with van der Waals surface area (Å²) in [6.07, 6.45) is 1.95. The van der Waals surface area contributed by atoms with E-state index in [2.05, 4.69) is 5.32 Å². The number of hydrogen-bond donors (Lipinski definition) is 1. The molecule has 0 unspecified atom stereocenters. The topological polar surface area (TPSA) is 55.4 Å². The third-order valence-electron chi connectivity index (χ3n) is 3.49. The van der Waals surface area contributed by atoms with Crippen LogP contribution in [-0.2, 0) is 14.3 Å². The van der Waals surface area contributed by atoms with Crippen LogP contribution in [0.4, 0.5) is 4.39 Å². The molecular weight excluding hydrogens is 305 g/mol. The van der Waals surface area contributed by atoms with Gasteiger partial charge in [-0.05, 0) is 24.8 Å². The molecule has 1 heterocycles. The van der Waals surface area contributed by atoms with Crippen LogP contribution in [0.5, 0.6) is 0 Å². The number of allylic oxidation sites excluding steroid dienone is 1. The Morgan fingerprint density at radius 2 is 2.18 bits per heavy atom. The number of ether oxygens (including phenoxy) is 1. The Balaban J connectivity index is 2.33. The lowest BCUT2D eigenvalue weighted by molar-refractivity contribution is -0.139. The Kier molecular flexibility index (Phi) is 5.60. The summed E-state index contributed by atoms with van der Waals surface area (Å²) in [7, 11) is 0. The van der Waals surface area contributed by atoms with Crippen LogP contribution in [-0.4, -0.2) is 30.5 Å². The van der Waals surface area contributed by atoms with Crippen molar-refractivity contribution in [2.24, 2.45) is 0 Å². The van der Waals surface area contributed by atoms with Crippen molar-refractivity contribution in [3.8, 4) is 0 Å². The molecule has 2 rings (SSSR count). The molecule has 0 bridgehead atoms. The highest BCUT2D eigenvalue weighted by atomic mass is 32.2. The first-order valence-electron chi connectivity index (χ1n) is 6.95. The smallest absolute Gasteiger partial charge is 0.336 e.